The van der Waals surface area contributed by atoms with Crippen molar-refractivity contribution >= 4 is 5.76 Å². The Bertz CT molecular complexity index is 616. The molecule has 0 amide bonds. The molecule has 0 radical (unpaired) electrons. The standard InChI is InChI=1S/C20H22O/c1-16-8-12-18(13-9-16)6-4-5-7-20(21-3)19-14-10-17(2)11-15-19/h4-5,7-15H,6H2,1-3H3/b5-4+,20-7-. The lowest BCUT2D eigenvalue weighted by Gasteiger charge is -2.05. The Labute approximate surface area is 127 Å². The first-order chi connectivity index (χ1) is 10.2. The molecule has 0 aliphatic rings. The number of aryl methyl sites for hydroxylation is 2. The van der Waals surface area contributed by atoms with E-state index in [1.165, 1.54) is 16.7 Å². The van der Waals surface area contributed by atoms with E-state index in [4.69, 9.17) is 4.74 Å². The number of rotatable bonds is 5. The van der Waals surface area contributed by atoms with Crippen molar-refractivity contribution in [2.75, 3.05) is 7.11 Å². The van der Waals surface area contributed by atoms with E-state index < -0.39 is 0 Å². The highest BCUT2D eigenvalue weighted by Gasteiger charge is 1.98. The van der Waals surface area contributed by atoms with Crippen molar-refractivity contribution < 1.29 is 4.74 Å². The maximum atomic E-state index is 5.45. The van der Waals surface area contributed by atoms with Gasteiger partial charge in [-0.3, -0.25) is 0 Å². The van der Waals surface area contributed by atoms with Crippen molar-refractivity contribution in [3.05, 3.63) is 89.0 Å². The third-order valence-electron chi connectivity index (χ3n) is 3.41. The summed E-state index contributed by atoms with van der Waals surface area (Å²) in [6.07, 6.45) is 7.15. The highest BCUT2D eigenvalue weighted by Crippen LogP contribution is 2.16. The zero-order chi connectivity index (χ0) is 15.1. The predicted octanol–water partition coefficient (Wildman–Crippen LogP) is 5.09. The summed E-state index contributed by atoms with van der Waals surface area (Å²) >= 11 is 0. The fourth-order valence-corrected chi connectivity index (χ4v) is 2.08. The Kier molecular flexibility index (Phi) is 5.39. The summed E-state index contributed by atoms with van der Waals surface area (Å²) in [6, 6.07) is 17.0. The zero-order valence-corrected chi connectivity index (χ0v) is 13.0. The smallest absolute Gasteiger partial charge is 0.126 e. The first-order valence-electron chi connectivity index (χ1n) is 7.22. The lowest BCUT2D eigenvalue weighted by molar-refractivity contribution is 0.370. The first-order valence-corrected chi connectivity index (χ1v) is 7.22. The van der Waals surface area contributed by atoms with Crippen LogP contribution in [0, 0.1) is 13.8 Å². The van der Waals surface area contributed by atoms with Gasteiger partial charge in [-0.05, 0) is 31.9 Å². The number of ether oxygens (including phenoxy) is 1. The summed E-state index contributed by atoms with van der Waals surface area (Å²) in [5.74, 6) is 0.884. The van der Waals surface area contributed by atoms with Gasteiger partial charge < -0.3 is 4.74 Å². The predicted molar refractivity (Wildman–Crippen MR) is 90.2 cm³/mol. The molecule has 1 heteroatoms. The molecule has 0 atom stereocenters. The third-order valence-corrected chi connectivity index (χ3v) is 3.41. The molecule has 0 N–H and O–H groups in total. The van der Waals surface area contributed by atoms with Crippen LogP contribution in [0.2, 0.25) is 0 Å². The molecular weight excluding hydrogens is 256 g/mol. The average Bonchev–Trinajstić information content (AvgIpc) is 2.50. The first kappa shape index (κ1) is 15.1. The van der Waals surface area contributed by atoms with E-state index in [0.717, 1.165) is 17.7 Å². The lowest BCUT2D eigenvalue weighted by Crippen LogP contribution is -1.87. The van der Waals surface area contributed by atoms with E-state index in [2.05, 4.69) is 74.5 Å². The molecule has 21 heavy (non-hydrogen) atoms. The monoisotopic (exact) mass is 278 g/mol. The summed E-state index contributed by atoms with van der Waals surface area (Å²) in [5.41, 5.74) is 4.97. The van der Waals surface area contributed by atoms with E-state index in [1.807, 2.05) is 6.08 Å². The van der Waals surface area contributed by atoms with Crippen LogP contribution >= 0.6 is 0 Å². The van der Waals surface area contributed by atoms with Crippen molar-refractivity contribution in [2.24, 2.45) is 0 Å². The third kappa shape index (κ3) is 4.64. The molecule has 0 aromatic heterocycles. The normalized spacial score (nSPS) is 11.9. The topological polar surface area (TPSA) is 9.23 Å². The summed E-state index contributed by atoms with van der Waals surface area (Å²) < 4.78 is 5.45. The van der Waals surface area contributed by atoms with Crippen molar-refractivity contribution in [3.63, 3.8) is 0 Å². The van der Waals surface area contributed by atoms with E-state index in [9.17, 15) is 0 Å². The molecule has 0 spiro atoms. The van der Waals surface area contributed by atoms with Gasteiger partial charge in [0.1, 0.15) is 5.76 Å². The van der Waals surface area contributed by atoms with Crippen LogP contribution in [-0.4, -0.2) is 7.11 Å². The van der Waals surface area contributed by atoms with Crippen LogP contribution in [0.5, 0.6) is 0 Å². The SMILES string of the molecule is CO/C(=C\C=C\Cc1ccc(C)cc1)c1ccc(C)cc1. The van der Waals surface area contributed by atoms with Gasteiger partial charge in [-0.15, -0.1) is 0 Å². The molecule has 108 valence electrons. The minimum absolute atomic E-state index is 0.884. The van der Waals surface area contributed by atoms with E-state index >= 15 is 0 Å². The average molecular weight is 278 g/mol. The van der Waals surface area contributed by atoms with Gasteiger partial charge in [0.2, 0.25) is 0 Å². The Morgan fingerprint density at radius 3 is 2.05 bits per heavy atom. The Morgan fingerprint density at radius 2 is 1.48 bits per heavy atom. The molecule has 2 aromatic rings. The molecule has 0 aliphatic heterocycles. The van der Waals surface area contributed by atoms with Gasteiger partial charge in [0.15, 0.2) is 0 Å². The minimum Gasteiger partial charge on any atom is -0.496 e. The highest BCUT2D eigenvalue weighted by atomic mass is 16.5. The number of benzene rings is 2. The molecular formula is C20H22O. The van der Waals surface area contributed by atoms with Crippen molar-refractivity contribution in [2.45, 2.75) is 20.3 Å². The summed E-state index contributed by atoms with van der Waals surface area (Å²) in [4.78, 5) is 0. The fourth-order valence-electron chi connectivity index (χ4n) is 2.08. The maximum Gasteiger partial charge on any atom is 0.126 e. The summed E-state index contributed by atoms with van der Waals surface area (Å²) in [7, 11) is 1.71. The molecule has 1 nitrogen and oxygen atoms in total. The number of hydrogen-bond donors (Lipinski definition) is 0. The van der Waals surface area contributed by atoms with Crippen LogP contribution in [0.3, 0.4) is 0 Å². The number of allylic oxidation sites excluding steroid dienone is 3. The Morgan fingerprint density at radius 1 is 0.905 bits per heavy atom. The highest BCUT2D eigenvalue weighted by molar-refractivity contribution is 5.61. The van der Waals surface area contributed by atoms with E-state index in [0.29, 0.717) is 0 Å². The minimum atomic E-state index is 0.884. The summed E-state index contributed by atoms with van der Waals surface area (Å²) in [5, 5.41) is 0. The maximum absolute atomic E-state index is 5.45. The van der Waals surface area contributed by atoms with Gasteiger partial charge in [0.05, 0.1) is 7.11 Å². The lowest BCUT2D eigenvalue weighted by atomic mass is 10.1. The molecule has 0 bridgehead atoms. The van der Waals surface area contributed by atoms with Crippen LogP contribution in [0.4, 0.5) is 0 Å². The van der Waals surface area contributed by atoms with Crippen LogP contribution in [0.15, 0.2) is 66.8 Å². The zero-order valence-electron chi connectivity index (χ0n) is 13.0. The molecule has 0 unspecified atom stereocenters. The van der Waals surface area contributed by atoms with E-state index in [-0.39, 0.29) is 0 Å². The second-order valence-corrected chi connectivity index (χ2v) is 5.22. The van der Waals surface area contributed by atoms with Crippen LogP contribution in [0.25, 0.3) is 5.76 Å². The van der Waals surface area contributed by atoms with E-state index in [1.54, 1.807) is 7.11 Å². The van der Waals surface area contributed by atoms with Gasteiger partial charge in [-0.2, -0.15) is 0 Å². The van der Waals surface area contributed by atoms with Crippen molar-refractivity contribution in [3.8, 4) is 0 Å². The van der Waals surface area contributed by atoms with Crippen molar-refractivity contribution in [1.82, 2.24) is 0 Å². The van der Waals surface area contributed by atoms with Crippen LogP contribution in [0.1, 0.15) is 22.3 Å². The largest absolute Gasteiger partial charge is 0.496 e. The second kappa shape index (κ2) is 7.49. The molecule has 0 fully saturated rings. The number of hydrogen-bond acceptors (Lipinski definition) is 1. The molecule has 2 aromatic carbocycles. The van der Waals surface area contributed by atoms with Crippen LogP contribution in [-0.2, 0) is 11.2 Å². The quantitative estimate of drug-likeness (QED) is 0.547. The second-order valence-electron chi connectivity index (χ2n) is 5.22. The molecule has 0 heterocycles. The molecule has 0 saturated heterocycles. The van der Waals surface area contributed by atoms with Gasteiger partial charge >= 0.3 is 0 Å². The summed E-state index contributed by atoms with van der Waals surface area (Å²) in [6.45, 7) is 4.19. The van der Waals surface area contributed by atoms with Gasteiger partial charge in [-0.1, -0.05) is 71.8 Å². The molecule has 2 rings (SSSR count). The van der Waals surface area contributed by atoms with Crippen molar-refractivity contribution in [1.29, 1.82) is 0 Å². The Balaban J connectivity index is 2.01. The van der Waals surface area contributed by atoms with Gasteiger partial charge in [0, 0.05) is 5.56 Å². The van der Waals surface area contributed by atoms with Gasteiger partial charge in [0.25, 0.3) is 0 Å². The Hall–Kier alpha value is -2.28. The van der Waals surface area contributed by atoms with Crippen LogP contribution < -0.4 is 0 Å². The number of methoxy groups -OCH3 is 1. The molecule has 0 saturated carbocycles. The van der Waals surface area contributed by atoms with Gasteiger partial charge in [-0.25, -0.2) is 0 Å². The molecule has 0 aliphatic carbocycles. The fraction of sp³-hybridized carbons (Fsp3) is 0.200.